The second-order valence-electron chi connectivity index (χ2n) is 24.0. The zero-order valence-electron chi connectivity index (χ0n) is 56.1. The molecule has 2 aromatic carbocycles. The van der Waals surface area contributed by atoms with Gasteiger partial charge in [-0.1, -0.05) is 66.6 Å². The molecule has 39 nitrogen and oxygen atoms in total. The summed E-state index contributed by atoms with van der Waals surface area (Å²) in [7, 11) is -25.4. The molecule has 3 amide bonds. The van der Waals surface area contributed by atoms with E-state index in [1.807, 2.05) is 55.7 Å². The van der Waals surface area contributed by atoms with Crippen molar-refractivity contribution in [2.75, 3.05) is 83.9 Å². The van der Waals surface area contributed by atoms with E-state index in [1.165, 1.54) is 22.9 Å². The third-order valence-electron chi connectivity index (χ3n) is 16.2. The Balaban J connectivity index is 0.806. The molecule has 7 rings (SSSR count). The minimum absolute atomic E-state index is 0.0135. The average molecular weight is 1540 g/mol. The van der Waals surface area contributed by atoms with Gasteiger partial charge in [0.15, 0.2) is 29.4 Å². The van der Waals surface area contributed by atoms with Crippen LogP contribution in [0.2, 0.25) is 0 Å². The number of amides is 3. The number of ether oxygens (including phenoxy) is 5. The standard InChI is InChI=1S/C59H79N14O25P3S2/c1-6-71-33-49(103(88,89)90)59(4,5)47(71)18-9-7-10-19-48-58(2,3)43-30-42(102(85,86)87)21-22-44(43)72(48)26-12-8-11-20-50(74)63-24-25-64-56(76)39-15-13-17-41(29-39)93-36-52(68-70-61)92-28-27-91-35-51(75)62-23-14-16-40-32-73(55-54(40)57(77)66-37-65-55)53-31-45(94-38-67-69-60)46(96-53)34-95-100(81,82)98-101(83,84)97-99(78,79)80/h7,9-10,13,15,17-19,21-22,29-30,32,37,45-46,49,52-53H,6,8,11-12,20,23-28,31,33-36,38H2,1-5H3,(H11-,62,63,64,65,66,74,75,76,77,78,79,80,81,82,83,84,85,86,87,88,89,90)/p+1. The highest BCUT2D eigenvalue weighted by atomic mass is 32.3. The first kappa shape index (κ1) is 82.6. The molecule has 1 saturated heterocycles. The van der Waals surface area contributed by atoms with E-state index >= 15 is 0 Å². The molecule has 103 heavy (non-hydrogen) atoms. The molecule has 0 aliphatic carbocycles. The summed E-state index contributed by atoms with van der Waals surface area (Å²) in [6.45, 7) is 8.22. The number of carbonyl (C=O) groups is 3. The number of rotatable bonds is 38. The van der Waals surface area contributed by atoms with Gasteiger partial charge in [0.25, 0.3) is 21.6 Å². The lowest BCUT2D eigenvalue weighted by Crippen LogP contribution is -2.38. The SMILES string of the molecule is CC[N+]1=C(/C=C/C=C/C=C2/N(CCCCCC(=O)NCCNC(=O)c3cccc(OCC(N=[N+]=[N-])OCCOCC(=O)NCC#Cc4cn(C5CC(OCN=[N+]=[N-])C(COP(=O)(O)OP(=O)(O)OP(=O)(O)O)O5)c5nc[nH]c(=O)c45)c3)c3ccc(S(O)(O)O)cc3C2(C)C)C(C)(C)C(S(=O)(=O)O)C1. The third-order valence-corrected chi connectivity index (χ3v) is 22.4. The number of H-pyrrole nitrogens is 1. The first-order valence-electron chi connectivity index (χ1n) is 31.5. The zero-order valence-corrected chi connectivity index (χ0v) is 60.5. The molecule has 44 heteroatoms. The number of carbonyl (C=O) groups excluding carboxylic acids is 3. The molecule has 4 aromatic rings. The summed E-state index contributed by atoms with van der Waals surface area (Å²) >= 11 is 0. The molecule has 7 unspecified atom stereocenters. The molecule has 12 N–H and O–H groups in total. The highest BCUT2D eigenvalue weighted by molar-refractivity contribution is 8.19. The smallest absolute Gasteiger partial charge is 0.490 e. The summed E-state index contributed by atoms with van der Waals surface area (Å²) in [5.74, 6) is 4.44. The van der Waals surface area contributed by atoms with E-state index in [9.17, 15) is 74.8 Å². The Morgan fingerprint density at radius 1 is 0.942 bits per heavy atom. The molecule has 0 saturated carbocycles. The van der Waals surface area contributed by atoms with Gasteiger partial charge in [-0.3, -0.25) is 28.3 Å². The molecule has 7 atom stereocenters. The van der Waals surface area contributed by atoms with Gasteiger partial charge in [0, 0.05) is 76.9 Å². The predicted octanol–water partition coefficient (Wildman–Crippen LogP) is 6.78. The number of aromatic amines is 1. The van der Waals surface area contributed by atoms with Crippen molar-refractivity contribution in [1.29, 1.82) is 0 Å². The number of nitrogens with one attached hydrogen (secondary N) is 4. The lowest BCUT2D eigenvalue weighted by atomic mass is 9.83. The number of anilines is 1. The number of phosphoric acid groups is 3. The number of fused-ring (bicyclic) bond motifs is 2. The van der Waals surface area contributed by atoms with Crippen LogP contribution in [0.3, 0.4) is 0 Å². The molecule has 5 heterocycles. The number of azide groups is 2. The Morgan fingerprint density at radius 3 is 2.41 bits per heavy atom. The van der Waals surface area contributed by atoms with Crippen molar-refractivity contribution >= 4 is 84.6 Å². The fraction of sp³-hybridized carbons (Fsp3) is 0.492. The number of unbranched alkanes of at least 4 members (excludes halogenated alkanes) is 2. The first-order valence-corrected chi connectivity index (χ1v) is 39.0. The second-order valence-corrected chi connectivity index (χ2v) is 31.6. The van der Waals surface area contributed by atoms with Gasteiger partial charge in [-0.05, 0) is 92.7 Å². The Morgan fingerprint density at radius 2 is 1.70 bits per heavy atom. The lowest BCUT2D eigenvalue weighted by Gasteiger charge is -2.27. The Bertz CT molecular complexity index is 4380. The van der Waals surface area contributed by atoms with Gasteiger partial charge in [-0.25, -0.2) is 23.3 Å². The van der Waals surface area contributed by atoms with E-state index in [1.54, 1.807) is 44.2 Å². The van der Waals surface area contributed by atoms with Crippen LogP contribution in [0.15, 0.2) is 111 Å². The monoisotopic (exact) mass is 1540 g/mol. The maximum atomic E-state index is 13.1. The van der Waals surface area contributed by atoms with Crippen LogP contribution in [0, 0.1) is 17.3 Å². The van der Waals surface area contributed by atoms with Crippen LogP contribution in [0.4, 0.5) is 5.69 Å². The lowest BCUT2D eigenvalue weighted by molar-refractivity contribution is -0.514. The van der Waals surface area contributed by atoms with E-state index in [4.69, 9.17) is 43.5 Å². The van der Waals surface area contributed by atoms with Crippen molar-refractivity contribution in [2.45, 2.75) is 107 Å². The minimum atomic E-state index is -5.85. The van der Waals surface area contributed by atoms with Gasteiger partial charge >= 0.3 is 23.5 Å². The van der Waals surface area contributed by atoms with Crippen LogP contribution in [-0.2, 0) is 70.9 Å². The number of nitrogens with zero attached hydrogens (tertiary/aromatic N) is 10. The predicted molar refractivity (Wildman–Crippen MR) is 370 cm³/mol. The summed E-state index contributed by atoms with van der Waals surface area (Å²) in [5, 5.41) is 13.9. The van der Waals surface area contributed by atoms with Crippen LogP contribution < -0.4 is 31.1 Å². The van der Waals surface area contributed by atoms with E-state index in [0.29, 0.717) is 32.4 Å². The molecule has 0 spiro atoms. The highest BCUT2D eigenvalue weighted by Crippen LogP contribution is 2.66. The van der Waals surface area contributed by atoms with Gasteiger partial charge in [-0.2, -0.15) is 17.0 Å². The van der Waals surface area contributed by atoms with Crippen molar-refractivity contribution < 1.29 is 116 Å². The number of benzene rings is 2. The summed E-state index contributed by atoms with van der Waals surface area (Å²) < 4.78 is 144. The molecule has 3 aliphatic heterocycles. The number of phosphoric ester groups is 1. The normalized spacial score (nSPS) is 20.0. The fourth-order valence-corrected chi connectivity index (χ4v) is 16.2. The van der Waals surface area contributed by atoms with Gasteiger partial charge in [0.2, 0.25) is 11.8 Å². The molecule has 1 fully saturated rings. The number of hydrogen-bond donors (Lipinski definition) is 12. The second kappa shape index (κ2) is 36.4. The van der Waals surface area contributed by atoms with E-state index in [2.05, 4.69) is 71.3 Å². The summed E-state index contributed by atoms with van der Waals surface area (Å²) in [6, 6.07) is 10.9. The number of allylic oxidation sites excluding steroid dienone is 6. The fourth-order valence-electron chi connectivity index (χ4n) is 11.4. The molecular weight excluding hydrogens is 1460 g/mol. The quantitative estimate of drug-likeness (QED) is 0.00253. The maximum Gasteiger partial charge on any atom is 0.490 e. The van der Waals surface area contributed by atoms with Crippen LogP contribution in [0.1, 0.15) is 94.4 Å². The van der Waals surface area contributed by atoms with Crippen LogP contribution in [-0.4, -0.2) is 191 Å². The molecule has 0 radical (unpaired) electrons. The number of aromatic nitrogens is 3. The summed E-state index contributed by atoms with van der Waals surface area (Å²) in [4.78, 5) is 103. The molecule has 3 aliphatic rings. The highest BCUT2D eigenvalue weighted by Gasteiger charge is 2.53. The van der Waals surface area contributed by atoms with Crippen LogP contribution >= 0.6 is 34.3 Å². The van der Waals surface area contributed by atoms with Gasteiger partial charge in [0.05, 0.1) is 60.1 Å². The third kappa shape index (κ3) is 23.7. The Kier molecular flexibility index (Phi) is 29.2. The minimum Gasteiger partial charge on any atom is -0.491 e. The average Bonchev–Trinajstić information content (AvgIpc) is 1.60. The van der Waals surface area contributed by atoms with E-state index in [0.717, 1.165) is 29.0 Å². The molecular formula is C59H80N14O25P3S2+. The van der Waals surface area contributed by atoms with Gasteiger partial charge in [-0.15, -0.1) is 0 Å². The topological polar surface area (TPSA) is 563 Å². The first-order chi connectivity index (χ1) is 48.5. The largest absolute Gasteiger partial charge is 0.491 e. The molecule has 2 aromatic heterocycles. The van der Waals surface area contributed by atoms with Crippen molar-refractivity contribution in [2.24, 2.45) is 15.6 Å². The Labute approximate surface area is 591 Å². The van der Waals surface area contributed by atoms with Crippen molar-refractivity contribution in [1.82, 2.24) is 30.5 Å². The van der Waals surface area contributed by atoms with Gasteiger partial charge < -0.3 is 87.3 Å². The molecule has 562 valence electrons. The van der Waals surface area contributed by atoms with E-state index in [-0.39, 0.29) is 97.6 Å². The maximum absolute atomic E-state index is 13.1. The van der Waals surface area contributed by atoms with Crippen LogP contribution in [0.25, 0.3) is 31.9 Å². The summed E-state index contributed by atoms with van der Waals surface area (Å²) in [6.07, 6.45) is 9.07. The zero-order chi connectivity index (χ0) is 75.6. The van der Waals surface area contributed by atoms with Crippen molar-refractivity contribution in [3.63, 3.8) is 0 Å². The van der Waals surface area contributed by atoms with E-state index < -0.39 is 123 Å². The summed E-state index contributed by atoms with van der Waals surface area (Å²) in [5.41, 5.74) is 19.4. The van der Waals surface area contributed by atoms with Crippen LogP contribution in [0.5, 0.6) is 5.75 Å². The Hall–Kier alpha value is -7.67. The molecule has 0 bridgehead atoms. The number of hydrogen-bond acceptors (Lipinski definition) is 24. The van der Waals surface area contributed by atoms with Gasteiger partial charge in [0.1, 0.15) is 55.4 Å². The van der Waals surface area contributed by atoms with Crippen molar-refractivity contribution in [3.05, 3.63) is 139 Å². The van der Waals surface area contributed by atoms with Crippen molar-refractivity contribution in [3.8, 4) is 17.6 Å².